The maximum absolute atomic E-state index is 5.58. The van der Waals surface area contributed by atoms with Crippen molar-refractivity contribution in [2.24, 2.45) is 0 Å². The van der Waals surface area contributed by atoms with Gasteiger partial charge in [0.05, 0.1) is 6.61 Å². The first-order valence-electron chi connectivity index (χ1n) is 8.12. The summed E-state index contributed by atoms with van der Waals surface area (Å²) >= 11 is 0. The van der Waals surface area contributed by atoms with Gasteiger partial charge < -0.3 is 9.30 Å². The minimum atomic E-state index is 0.406. The Morgan fingerprint density at radius 2 is 1.74 bits per heavy atom. The van der Waals surface area contributed by atoms with Gasteiger partial charge >= 0.3 is 0 Å². The smallest absolute Gasteiger partial charge is 0.140 e. The van der Waals surface area contributed by atoms with Gasteiger partial charge in [0, 0.05) is 30.4 Å². The lowest BCUT2D eigenvalue weighted by atomic mass is 10.0. The Morgan fingerprint density at radius 1 is 1.00 bits per heavy atom. The molecule has 1 aliphatic heterocycles. The summed E-state index contributed by atoms with van der Waals surface area (Å²) in [6, 6.07) is 15.5. The fourth-order valence-electron chi connectivity index (χ4n) is 3.13. The van der Waals surface area contributed by atoms with E-state index in [1.54, 1.807) is 0 Å². The van der Waals surface area contributed by atoms with E-state index in [1.165, 1.54) is 16.7 Å². The summed E-state index contributed by atoms with van der Waals surface area (Å²) in [7, 11) is 0. The number of aromatic nitrogens is 2. The first kappa shape index (κ1) is 14.1. The third kappa shape index (κ3) is 2.52. The summed E-state index contributed by atoms with van der Waals surface area (Å²) in [5, 5.41) is 0. The molecule has 0 aliphatic carbocycles. The zero-order valence-corrected chi connectivity index (χ0v) is 13.5. The van der Waals surface area contributed by atoms with E-state index in [4.69, 9.17) is 4.74 Å². The topological polar surface area (TPSA) is 27.1 Å². The van der Waals surface area contributed by atoms with Gasteiger partial charge in [-0.2, -0.15) is 0 Å². The molecule has 0 fully saturated rings. The van der Waals surface area contributed by atoms with Crippen molar-refractivity contribution in [3.63, 3.8) is 0 Å². The lowest BCUT2D eigenvalue weighted by Gasteiger charge is -2.12. The van der Waals surface area contributed by atoms with Crippen molar-refractivity contribution < 1.29 is 4.74 Å². The molecule has 0 radical (unpaired) electrons. The van der Waals surface area contributed by atoms with Crippen molar-refractivity contribution in [3.8, 4) is 28.3 Å². The van der Waals surface area contributed by atoms with Gasteiger partial charge in [-0.3, -0.25) is 0 Å². The predicted molar refractivity (Wildman–Crippen MR) is 92.7 cm³/mol. The Balaban J connectivity index is 1.67. The third-order valence-corrected chi connectivity index (χ3v) is 4.39. The number of hydrogen-bond donors (Lipinski definition) is 0. The molecule has 3 heteroatoms. The van der Waals surface area contributed by atoms with E-state index >= 15 is 0 Å². The highest BCUT2D eigenvalue weighted by Gasteiger charge is 2.13. The Morgan fingerprint density at radius 3 is 2.52 bits per heavy atom. The van der Waals surface area contributed by atoms with Gasteiger partial charge in [0.2, 0.25) is 0 Å². The SMILES string of the molecule is CC(C)n1ccnc1-c1ccc(-c2ccc3c(c2)CCO3)cc1. The molecule has 23 heavy (non-hydrogen) atoms. The van der Waals surface area contributed by atoms with Crippen molar-refractivity contribution in [2.45, 2.75) is 26.3 Å². The normalized spacial score (nSPS) is 13.2. The van der Waals surface area contributed by atoms with Crippen LogP contribution in [0.2, 0.25) is 0 Å². The van der Waals surface area contributed by atoms with Crippen LogP contribution in [0.1, 0.15) is 25.5 Å². The van der Waals surface area contributed by atoms with Crippen molar-refractivity contribution >= 4 is 0 Å². The third-order valence-electron chi connectivity index (χ3n) is 4.39. The Kier molecular flexibility index (Phi) is 3.41. The summed E-state index contributed by atoms with van der Waals surface area (Å²) in [6.45, 7) is 5.15. The number of fused-ring (bicyclic) bond motifs is 1. The standard InChI is InChI=1S/C20H20N2O/c1-14(2)22-11-10-21-20(22)16-5-3-15(4-6-16)17-7-8-19-18(13-17)9-12-23-19/h3-8,10-11,13-14H,9,12H2,1-2H3. The number of nitrogens with zero attached hydrogens (tertiary/aromatic N) is 2. The fourth-order valence-corrected chi connectivity index (χ4v) is 3.13. The Bertz CT molecular complexity index is 831. The van der Waals surface area contributed by atoms with Crippen LogP contribution in [0.4, 0.5) is 0 Å². The molecule has 4 rings (SSSR count). The van der Waals surface area contributed by atoms with Crippen LogP contribution >= 0.6 is 0 Å². The number of hydrogen-bond acceptors (Lipinski definition) is 2. The summed E-state index contributed by atoms with van der Waals surface area (Å²) in [5.74, 6) is 2.05. The zero-order valence-electron chi connectivity index (χ0n) is 13.5. The molecule has 3 nitrogen and oxygen atoms in total. The van der Waals surface area contributed by atoms with E-state index in [1.807, 2.05) is 12.4 Å². The van der Waals surface area contributed by atoms with E-state index in [9.17, 15) is 0 Å². The molecule has 0 spiro atoms. The largest absolute Gasteiger partial charge is 0.493 e. The number of imidazole rings is 1. The lowest BCUT2D eigenvalue weighted by Crippen LogP contribution is -2.01. The maximum atomic E-state index is 5.58. The van der Waals surface area contributed by atoms with E-state index in [0.29, 0.717) is 6.04 Å². The van der Waals surface area contributed by atoms with Crippen molar-refractivity contribution in [1.29, 1.82) is 0 Å². The molecule has 116 valence electrons. The average Bonchev–Trinajstić information content (AvgIpc) is 3.23. The summed E-state index contributed by atoms with van der Waals surface area (Å²) < 4.78 is 7.78. The van der Waals surface area contributed by atoms with E-state index in [0.717, 1.165) is 30.2 Å². The molecule has 0 N–H and O–H groups in total. The molecule has 0 atom stereocenters. The number of rotatable bonds is 3. The quantitative estimate of drug-likeness (QED) is 0.699. The molecule has 0 saturated heterocycles. The molecule has 1 aliphatic rings. The van der Waals surface area contributed by atoms with Crippen molar-refractivity contribution in [3.05, 3.63) is 60.4 Å². The molecule has 2 aromatic carbocycles. The van der Waals surface area contributed by atoms with Crippen LogP contribution < -0.4 is 4.74 Å². The van der Waals surface area contributed by atoms with Crippen molar-refractivity contribution in [2.75, 3.05) is 6.61 Å². The number of ether oxygens (including phenoxy) is 1. The molecule has 1 aromatic heterocycles. The van der Waals surface area contributed by atoms with E-state index in [-0.39, 0.29) is 0 Å². The van der Waals surface area contributed by atoms with Gasteiger partial charge in [0.15, 0.2) is 0 Å². The van der Waals surface area contributed by atoms with Crippen LogP contribution in [-0.2, 0) is 6.42 Å². The van der Waals surface area contributed by atoms with E-state index < -0.39 is 0 Å². The van der Waals surface area contributed by atoms with Crippen molar-refractivity contribution in [1.82, 2.24) is 9.55 Å². The molecule has 0 bridgehead atoms. The minimum Gasteiger partial charge on any atom is -0.493 e. The molecule has 2 heterocycles. The highest BCUT2D eigenvalue weighted by Crippen LogP contribution is 2.31. The van der Waals surface area contributed by atoms with Crippen LogP contribution in [0.3, 0.4) is 0 Å². The summed E-state index contributed by atoms with van der Waals surface area (Å²) in [4.78, 5) is 4.50. The average molecular weight is 304 g/mol. The second kappa shape index (κ2) is 5.58. The van der Waals surface area contributed by atoms with Crippen LogP contribution in [-0.4, -0.2) is 16.2 Å². The van der Waals surface area contributed by atoms with E-state index in [2.05, 4.69) is 65.9 Å². The Hall–Kier alpha value is -2.55. The first-order valence-corrected chi connectivity index (χ1v) is 8.12. The molecular formula is C20H20N2O. The molecule has 3 aromatic rings. The second-order valence-corrected chi connectivity index (χ2v) is 6.25. The first-order chi connectivity index (χ1) is 11.2. The van der Waals surface area contributed by atoms with Gasteiger partial charge in [-0.05, 0) is 42.7 Å². The van der Waals surface area contributed by atoms with Crippen LogP contribution in [0.15, 0.2) is 54.9 Å². The van der Waals surface area contributed by atoms with Gasteiger partial charge in [-0.25, -0.2) is 4.98 Å². The maximum Gasteiger partial charge on any atom is 0.140 e. The minimum absolute atomic E-state index is 0.406. The number of benzene rings is 2. The van der Waals surface area contributed by atoms with Gasteiger partial charge in [0.1, 0.15) is 11.6 Å². The molecule has 0 unspecified atom stereocenters. The predicted octanol–water partition coefficient (Wildman–Crippen LogP) is 4.73. The zero-order chi connectivity index (χ0) is 15.8. The monoisotopic (exact) mass is 304 g/mol. The highest BCUT2D eigenvalue weighted by molar-refractivity contribution is 5.69. The summed E-state index contributed by atoms with van der Waals surface area (Å²) in [5.41, 5.74) is 4.93. The van der Waals surface area contributed by atoms with Gasteiger partial charge in [-0.1, -0.05) is 30.3 Å². The van der Waals surface area contributed by atoms with Gasteiger partial charge in [-0.15, -0.1) is 0 Å². The second-order valence-electron chi connectivity index (χ2n) is 6.25. The van der Waals surface area contributed by atoms with Crippen LogP contribution in [0.25, 0.3) is 22.5 Å². The van der Waals surface area contributed by atoms with Gasteiger partial charge in [0.25, 0.3) is 0 Å². The lowest BCUT2D eigenvalue weighted by molar-refractivity contribution is 0.357. The summed E-state index contributed by atoms with van der Waals surface area (Å²) in [6.07, 6.45) is 4.91. The fraction of sp³-hybridized carbons (Fsp3) is 0.250. The molecular weight excluding hydrogens is 284 g/mol. The molecule has 0 amide bonds. The molecule has 0 saturated carbocycles. The van der Waals surface area contributed by atoms with Crippen LogP contribution in [0, 0.1) is 0 Å². The highest BCUT2D eigenvalue weighted by atomic mass is 16.5. The Labute approximate surface area is 136 Å². The van der Waals surface area contributed by atoms with Crippen LogP contribution in [0.5, 0.6) is 5.75 Å².